The molecule has 2 aromatic carbocycles. The molecule has 3 aliphatic rings. The van der Waals surface area contributed by atoms with Crippen molar-refractivity contribution in [2.45, 2.75) is 53.0 Å². The topological polar surface area (TPSA) is 82.6 Å². The Morgan fingerprint density at radius 1 is 1.13 bits per heavy atom. The molecule has 6 nitrogen and oxygen atoms in total. The van der Waals surface area contributed by atoms with Gasteiger partial charge < -0.3 is 10.5 Å². The van der Waals surface area contributed by atoms with Crippen molar-refractivity contribution in [1.29, 1.82) is 5.26 Å². The number of nitrogens with two attached hydrogens (primary N) is 1. The average Bonchev–Trinajstić information content (AvgIpc) is 2.86. The van der Waals surface area contributed by atoms with Gasteiger partial charge in [0.15, 0.2) is 5.78 Å². The van der Waals surface area contributed by atoms with Gasteiger partial charge in [0, 0.05) is 42.3 Å². The molecule has 204 valence electrons. The second-order valence-electron chi connectivity index (χ2n) is 11.6. The molecule has 39 heavy (non-hydrogen) atoms. The third kappa shape index (κ3) is 5.21. The van der Waals surface area contributed by atoms with Gasteiger partial charge in [-0.05, 0) is 60.6 Å². The molecule has 8 heteroatoms. The fourth-order valence-corrected chi connectivity index (χ4v) is 6.68. The highest BCUT2D eigenvalue weighted by Gasteiger charge is 2.45. The molecule has 1 saturated heterocycles. The van der Waals surface area contributed by atoms with Crippen molar-refractivity contribution in [1.82, 2.24) is 4.90 Å². The Balaban J connectivity index is 1.72. The van der Waals surface area contributed by atoms with Crippen molar-refractivity contribution in [3.63, 3.8) is 0 Å². The molecule has 2 aliphatic heterocycles. The quantitative estimate of drug-likeness (QED) is 0.463. The minimum absolute atomic E-state index is 0.0391. The number of Topliss-reactive ketones (excluding diaryl/α,β-unsaturated/α-hetero) is 1. The summed E-state index contributed by atoms with van der Waals surface area (Å²) in [6, 6.07) is 11.9. The molecular formula is C31H34Cl2N4O2. The predicted molar refractivity (Wildman–Crippen MR) is 156 cm³/mol. The maximum absolute atomic E-state index is 14.0. The average molecular weight is 566 g/mol. The van der Waals surface area contributed by atoms with Crippen molar-refractivity contribution in [2.75, 3.05) is 31.2 Å². The molecular weight excluding hydrogens is 531 g/mol. The number of nitriles is 1. The number of aryl methyl sites for hydroxylation is 1. The first-order chi connectivity index (χ1) is 18.5. The van der Waals surface area contributed by atoms with E-state index < -0.39 is 5.92 Å². The van der Waals surface area contributed by atoms with E-state index in [0.717, 1.165) is 55.2 Å². The van der Waals surface area contributed by atoms with Crippen LogP contribution in [0.3, 0.4) is 0 Å². The number of carbonyl (C=O) groups excluding carboxylic acids is 1. The fraction of sp³-hybridized carbons (Fsp3) is 0.419. The van der Waals surface area contributed by atoms with E-state index in [1.165, 1.54) is 5.56 Å². The van der Waals surface area contributed by atoms with Crippen LogP contribution < -0.4 is 10.6 Å². The number of nitrogens with zero attached hydrogens (tertiary/aromatic N) is 3. The van der Waals surface area contributed by atoms with Gasteiger partial charge in [0.1, 0.15) is 5.82 Å². The lowest BCUT2D eigenvalue weighted by Gasteiger charge is -2.44. The summed E-state index contributed by atoms with van der Waals surface area (Å²) in [7, 11) is 0. The van der Waals surface area contributed by atoms with Gasteiger partial charge in [0.2, 0.25) is 0 Å². The summed E-state index contributed by atoms with van der Waals surface area (Å²) in [5.41, 5.74) is 13.3. The van der Waals surface area contributed by atoms with Crippen molar-refractivity contribution in [3.05, 3.63) is 85.3 Å². The highest BCUT2D eigenvalue weighted by atomic mass is 35.5. The number of benzene rings is 2. The molecule has 1 aliphatic carbocycles. The van der Waals surface area contributed by atoms with Crippen LogP contribution in [0.2, 0.25) is 10.0 Å². The summed E-state index contributed by atoms with van der Waals surface area (Å²) in [5.74, 6) is -0.205. The van der Waals surface area contributed by atoms with Crippen LogP contribution in [0.1, 0.15) is 54.9 Å². The van der Waals surface area contributed by atoms with Gasteiger partial charge in [0.25, 0.3) is 0 Å². The molecule has 0 bridgehead atoms. The van der Waals surface area contributed by atoms with E-state index in [9.17, 15) is 10.1 Å². The zero-order valence-electron chi connectivity index (χ0n) is 22.9. The van der Waals surface area contributed by atoms with Crippen LogP contribution in [-0.4, -0.2) is 37.0 Å². The van der Waals surface area contributed by atoms with E-state index in [4.69, 9.17) is 33.7 Å². The fourth-order valence-electron chi connectivity index (χ4n) is 6.19. The molecule has 0 radical (unpaired) electrons. The third-order valence-corrected chi connectivity index (χ3v) is 8.58. The number of halogens is 2. The summed E-state index contributed by atoms with van der Waals surface area (Å²) in [6.45, 7) is 12.3. The predicted octanol–water partition coefficient (Wildman–Crippen LogP) is 6.38. The lowest BCUT2D eigenvalue weighted by atomic mass is 9.68. The zero-order chi connectivity index (χ0) is 28.1. The van der Waals surface area contributed by atoms with Crippen LogP contribution in [0.15, 0.2) is 53.0 Å². The summed E-state index contributed by atoms with van der Waals surface area (Å²) >= 11 is 12.9. The Hall–Kier alpha value is -2.82. The molecule has 0 spiro atoms. The van der Waals surface area contributed by atoms with Crippen molar-refractivity contribution in [3.8, 4) is 6.07 Å². The van der Waals surface area contributed by atoms with Gasteiger partial charge in [-0.2, -0.15) is 5.26 Å². The molecule has 2 aromatic rings. The van der Waals surface area contributed by atoms with E-state index in [-0.39, 0.29) is 11.2 Å². The van der Waals surface area contributed by atoms with E-state index in [1.54, 1.807) is 18.2 Å². The van der Waals surface area contributed by atoms with Crippen LogP contribution in [0.5, 0.6) is 0 Å². The lowest BCUT2D eigenvalue weighted by Crippen LogP contribution is -2.42. The molecule has 1 fully saturated rings. The number of morpholine rings is 1. The Labute approximate surface area is 240 Å². The summed E-state index contributed by atoms with van der Waals surface area (Å²) in [5, 5.41) is 11.4. The van der Waals surface area contributed by atoms with Gasteiger partial charge >= 0.3 is 0 Å². The largest absolute Gasteiger partial charge is 0.384 e. The van der Waals surface area contributed by atoms with Crippen LogP contribution in [-0.2, 0) is 16.1 Å². The molecule has 2 heterocycles. The van der Waals surface area contributed by atoms with Gasteiger partial charge in [-0.15, -0.1) is 0 Å². The van der Waals surface area contributed by atoms with Crippen LogP contribution in [0.25, 0.3) is 0 Å². The monoisotopic (exact) mass is 564 g/mol. The standard InChI is InChI=1S/C31H34Cl2N4O2/c1-18-11-20(17-36-7-9-39-10-8-36)19(2)22(12-18)28-23(16-34)30(35)37(25-6-5-21(32)13-24(25)33)26-14-31(3,4)15-27(38)29(26)28/h5-6,11-13,28H,7-10,14-15,17,35H2,1-4H3/t28-/m1/s1. The number of anilines is 1. The van der Waals surface area contributed by atoms with Gasteiger partial charge in [-0.1, -0.05) is 54.7 Å². The first-order valence-electron chi connectivity index (χ1n) is 13.3. The SMILES string of the molecule is Cc1cc(CN2CCOCC2)c(C)c([C@@H]2C(C#N)=C(N)N(c3ccc(Cl)cc3Cl)C3=C2C(=O)CC(C)(C)C3)c1. The van der Waals surface area contributed by atoms with Crippen LogP contribution in [0, 0.1) is 30.6 Å². The molecule has 0 unspecified atom stereocenters. The Morgan fingerprint density at radius 2 is 1.85 bits per heavy atom. The molecule has 5 rings (SSSR count). The van der Waals surface area contributed by atoms with E-state index in [2.05, 4.69) is 50.8 Å². The summed E-state index contributed by atoms with van der Waals surface area (Å²) in [4.78, 5) is 18.2. The number of rotatable bonds is 4. The normalized spacial score (nSPS) is 21.7. The number of ketones is 1. The number of allylic oxidation sites excluding steroid dienone is 3. The number of hydrogen-bond donors (Lipinski definition) is 1. The molecule has 1 atom stereocenters. The Kier molecular flexibility index (Phi) is 7.56. The Morgan fingerprint density at radius 3 is 2.51 bits per heavy atom. The third-order valence-electron chi connectivity index (χ3n) is 8.04. The Bertz CT molecular complexity index is 1450. The van der Waals surface area contributed by atoms with Gasteiger partial charge in [-0.3, -0.25) is 14.6 Å². The van der Waals surface area contributed by atoms with Crippen LogP contribution in [0.4, 0.5) is 5.69 Å². The smallest absolute Gasteiger partial charge is 0.162 e. The first kappa shape index (κ1) is 27.7. The molecule has 0 saturated carbocycles. The number of hydrogen-bond acceptors (Lipinski definition) is 6. The second kappa shape index (κ2) is 10.6. The van der Waals surface area contributed by atoms with E-state index in [1.807, 2.05) is 4.90 Å². The first-order valence-corrected chi connectivity index (χ1v) is 14.1. The molecule has 2 N–H and O–H groups in total. The maximum atomic E-state index is 14.0. The molecule has 0 amide bonds. The zero-order valence-corrected chi connectivity index (χ0v) is 24.4. The van der Waals surface area contributed by atoms with Crippen molar-refractivity contribution >= 4 is 34.7 Å². The lowest BCUT2D eigenvalue weighted by molar-refractivity contribution is -0.118. The van der Waals surface area contributed by atoms with Gasteiger partial charge in [0.05, 0.1) is 41.5 Å². The highest BCUT2D eigenvalue weighted by molar-refractivity contribution is 6.36. The minimum Gasteiger partial charge on any atom is -0.384 e. The summed E-state index contributed by atoms with van der Waals surface area (Å²) < 4.78 is 5.54. The van der Waals surface area contributed by atoms with Gasteiger partial charge in [-0.25, -0.2) is 0 Å². The van der Waals surface area contributed by atoms with E-state index >= 15 is 0 Å². The van der Waals surface area contributed by atoms with Crippen LogP contribution >= 0.6 is 23.2 Å². The number of ether oxygens (including phenoxy) is 1. The second-order valence-corrected chi connectivity index (χ2v) is 12.4. The number of carbonyl (C=O) groups is 1. The highest BCUT2D eigenvalue weighted by Crippen LogP contribution is 2.51. The maximum Gasteiger partial charge on any atom is 0.162 e. The van der Waals surface area contributed by atoms with Crippen molar-refractivity contribution < 1.29 is 9.53 Å². The van der Waals surface area contributed by atoms with E-state index in [0.29, 0.717) is 45.5 Å². The summed E-state index contributed by atoms with van der Waals surface area (Å²) in [6.07, 6.45) is 1.02. The molecule has 0 aromatic heterocycles. The van der Waals surface area contributed by atoms with Crippen molar-refractivity contribution in [2.24, 2.45) is 11.1 Å². The minimum atomic E-state index is -0.542.